The van der Waals surface area contributed by atoms with Gasteiger partial charge in [0.25, 0.3) is 0 Å². The first kappa shape index (κ1) is 14.3. The van der Waals surface area contributed by atoms with Crippen molar-refractivity contribution in [2.75, 3.05) is 13.7 Å². The van der Waals surface area contributed by atoms with E-state index in [1.807, 2.05) is 0 Å². The summed E-state index contributed by atoms with van der Waals surface area (Å²) in [5, 5.41) is 12.9. The standard InChI is InChI=1S/C15H22FNO2/c1-19-14-7-3-5-12(15(14)16)10-17-9-11-4-2-6-13(18)8-11/h3,5,7,11,13,17-18H,2,4,6,8-10H2,1H3. The summed E-state index contributed by atoms with van der Waals surface area (Å²) in [6.45, 7) is 1.32. The zero-order valence-electron chi connectivity index (χ0n) is 11.4. The molecule has 2 unspecified atom stereocenters. The smallest absolute Gasteiger partial charge is 0.169 e. The number of ether oxygens (including phenoxy) is 1. The van der Waals surface area contributed by atoms with Gasteiger partial charge >= 0.3 is 0 Å². The van der Waals surface area contributed by atoms with Crippen molar-refractivity contribution in [1.29, 1.82) is 0 Å². The lowest BCUT2D eigenvalue weighted by Crippen LogP contribution is -2.29. The van der Waals surface area contributed by atoms with Gasteiger partial charge in [0.2, 0.25) is 0 Å². The number of hydrogen-bond donors (Lipinski definition) is 2. The van der Waals surface area contributed by atoms with Crippen LogP contribution in [0.3, 0.4) is 0 Å². The van der Waals surface area contributed by atoms with E-state index >= 15 is 0 Å². The number of aliphatic hydroxyl groups is 1. The molecular weight excluding hydrogens is 245 g/mol. The Morgan fingerprint density at radius 2 is 2.26 bits per heavy atom. The van der Waals surface area contributed by atoms with Gasteiger partial charge in [0, 0.05) is 12.1 Å². The molecule has 1 aliphatic carbocycles. The summed E-state index contributed by atoms with van der Waals surface area (Å²) in [6.07, 6.45) is 3.84. The van der Waals surface area contributed by atoms with E-state index in [-0.39, 0.29) is 17.7 Å². The van der Waals surface area contributed by atoms with Gasteiger partial charge in [0.15, 0.2) is 11.6 Å². The maximum atomic E-state index is 13.9. The lowest BCUT2D eigenvalue weighted by atomic mass is 9.87. The van der Waals surface area contributed by atoms with Gasteiger partial charge in [0.05, 0.1) is 13.2 Å². The van der Waals surface area contributed by atoms with Crippen molar-refractivity contribution < 1.29 is 14.2 Å². The highest BCUT2D eigenvalue weighted by Crippen LogP contribution is 2.24. The molecule has 1 aliphatic rings. The summed E-state index contributed by atoms with van der Waals surface area (Å²) < 4.78 is 18.9. The number of hydrogen-bond acceptors (Lipinski definition) is 3. The van der Waals surface area contributed by atoms with Crippen molar-refractivity contribution in [3.8, 4) is 5.75 Å². The Labute approximate surface area is 113 Å². The molecule has 3 nitrogen and oxygen atoms in total. The van der Waals surface area contributed by atoms with Gasteiger partial charge in [-0.2, -0.15) is 0 Å². The van der Waals surface area contributed by atoms with Gasteiger partial charge in [-0.1, -0.05) is 18.6 Å². The fourth-order valence-electron chi connectivity index (χ4n) is 2.71. The minimum atomic E-state index is -0.291. The molecule has 0 spiro atoms. The fourth-order valence-corrected chi connectivity index (χ4v) is 2.71. The first-order chi connectivity index (χ1) is 9.20. The van der Waals surface area contributed by atoms with E-state index in [1.165, 1.54) is 7.11 Å². The molecule has 0 amide bonds. The second kappa shape index (κ2) is 6.87. The number of halogens is 1. The van der Waals surface area contributed by atoms with Gasteiger partial charge in [-0.3, -0.25) is 0 Å². The normalized spacial score (nSPS) is 23.3. The zero-order chi connectivity index (χ0) is 13.7. The topological polar surface area (TPSA) is 41.5 Å². The molecule has 0 heterocycles. The van der Waals surface area contributed by atoms with Crippen molar-refractivity contribution in [2.24, 2.45) is 5.92 Å². The summed E-state index contributed by atoms with van der Waals surface area (Å²) >= 11 is 0. The number of nitrogens with one attached hydrogen (secondary N) is 1. The molecule has 1 saturated carbocycles. The molecule has 0 aliphatic heterocycles. The van der Waals surface area contributed by atoms with E-state index in [2.05, 4.69) is 5.32 Å². The maximum absolute atomic E-state index is 13.9. The van der Waals surface area contributed by atoms with E-state index < -0.39 is 0 Å². The summed E-state index contributed by atoms with van der Waals surface area (Å²) in [5.41, 5.74) is 0.621. The van der Waals surface area contributed by atoms with Gasteiger partial charge in [0.1, 0.15) is 0 Å². The second-order valence-corrected chi connectivity index (χ2v) is 5.25. The predicted octanol–water partition coefficient (Wildman–Crippen LogP) is 2.48. The first-order valence-corrected chi connectivity index (χ1v) is 6.91. The van der Waals surface area contributed by atoms with E-state index in [0.29, 0.717) is 18.0 Å². The van der Waals surface area contributed by atoms with Crippen molar-refractivity contribution in [2.45, 2.75) is 38.3 Å². The van der Waals surface area contributed by atoms with Crippen molar-refractivity contribution in [3.63, 3.8) is 0 Å². The van der Waals surface area contributed by atoms with Crippen LogP contribution in [0.1, 0.15) is 31.2 Å². The molecule has 2 N–H and O–H groups in total. The Bertz CT molecular complexity index is 411. The van der Waals surface area contributed by atoms with Crippen LogP contribution < -0.4 is 10.1 Å². The van der Waals surface area contributed by atoms with Gasteiger partial charge in [-0.15, -0.1) is 0 Å². The van der Waals surface area contributed by atoms with E-state index in [0.717, 1.165) is 32.2 Å². The Morgan fingerprint density at radius 3 is 3.00 bits per heavy atom. The van der Waals surface area contributed by atoms with Crippen LogP contribution >= 0.6 is 0 Å². The van der Waals surface area contributed by atoms with Crippen LogP contribution in [-0.4, -0.2) is 24.9 Å². The van der Waals surface area contributed by atoms with Crippen LogP contribution in [0.25, 0.3) is 0 Å². The van der Waals surface area contributed by atoms with E-state index in [9.17, 15) is 9.50 Å². The third-order valence-corrected chi connectivity index (χ3v) is 3.77. The molecule has 1 fully saturated rings. The molecule has 19 heavy (non-hydrogen) atoms. The predicted molar refractivity (Wildman–Crippen MR) is 72.6 cm³/mol. The molecule has 1 aromatic carbocycles. The minimum Gasteiger partial charge on any atom is -0.494 e. The summed E-state index contributed by atoms with van der Waals surface area (Å²) in [4.78, 5) is 0. The van der Waals surface area contributed by atoms with Gasteiger partial charge in [-0.05, 0) is 37.8 Å². The lowest BCUT2D eigenvalue weighted by molar-refractivity contribution is 0.101. The van der Waals surface area contributed by atoms with E-state index in [1.54, 1.807) is 18.2 Å². The van der Waals surface area contributed by atoms with Crippen molar-refractivity contribution in [3.05, 3.63) is 29.6 Å². The highest BCUT2D eigenvalue weighted by molar-refractivity contribution is 5.30. The first-order valence-electron chi connectivity index (χ1n) is 6.91. The highest BCUT2D eigenvalue weighted by Gasteiger charge is 2.19. The molecular formula is C15H22FNO2. The van der Waals surface area contributed by atoms with Crippen LogP contribution in [0.4, 0.5) is 4.39 Å². The zero-order valence-corrected chi connectivity index (χ0v) is 11.4. The second-order valence-electron chi connectivity index (χ2n) is 5.25. The van der Waals surface area contributed by atoms with Gasteiger partial charge < -0.3 is 15.2 Å². The summed E-state index contributed by atoms with van der Waals surface area (Å²) in [5.74, 6) is 0.492. The SMILES string of the molecule is COc1cccc(CNCC2CCCC(O)C2)c1F. The molecule has 0 radical (unpaired) electrons. The molecule has 2 atom stereocenters. The van der Waals surface area contributed by atoms with Gasteiger partial charge in [-0.25, -0.2) is 4.39 Å². The minimum absolute atomic E-state index is 0.158. The molecule has 0 saturated heterocycles. The average molecular weight is 267 g/mol. The maximum Gasteiger partial charge on any atom is 0.169 e. The number of benzene rings is 1. The van der Waals surface area contributed by atoms with Crippen molar-refractivity contribution >= 4 is 0 Å². The largest absolute Gasteiger partial charge is 0.494 e. The molecule has 2 rings (SSSR count). The van der Waals surface area contributed by atoms with Crippen LogP contribution in [0.2, 0.25) is 0 Å². The number of rotatable bonds is 5. The Balaban J connectivity index is 1.82. The molecule has 0 bridgehead atoms. The van der Waals surface area contributed by atoms with E-state index in [4.69, 9.17) is 4.74 Å². The fraction of sp³-hybridized carbons (Fsp3) is 0.600. The third-order valence-electron chi connectivity index (χ3n) is 3.77. The van der Waals surface area contributed by atoms with Crippen LogP contribution in [0.15, 0.2) is 18.2 Å². The average Bonchev–Trinajstić information content (AvgIpc) is 2.41. The Hall–Kier alpha value is -1.13. The highest BCUT2D eigenvalue weighted by atomic mass is 19.1. The number of methoxy groups -OCH3 is 1. The summed E-state index contributed by atoms with van der Waals surface area (Å²) in [6, 6.07) is 5.18. The molecule has 0 aromatic heterocycles. The number of aliphatic hydroxyl groups excluding tert-OH is 1. The third kappa shape index (κ3) is 3.91. The monoisotopic (exact) mass is 267 g/mol. The summed E-state index contributed by atoms with van der Waals surface area (Å²) in [7, 11) is 1.47. The Morgan fingerprint density at radius 1 is 1.42 bits per heavy atom. The molecule has 4 heteroatoms. The van der Waals surface area contributed by atoms with Crippen molar-refractivity contribution in [1.82, 2.24) is 5.32 Å². The van der Waals surface area contributed by atoms with Crippen LogP contribution in [-0.2, 0) is 6.54 Å². The van der Waals surface area contributed by atoms with Crippen LogP contribution in [0.5, 0.6) is 5.75 Å². The quantitative estimate of drug-likeness (QED) is 0.861. The van der Waals surface area contributed by atoms with Crippen LogP contribution in [0, 0.1) is 11.7 Å². The Kier molecular flexibility index (Phi) is 5.16. The molecule has 1 aromatic rings. The lowest BCUT2D eigenvalue weighted by Gasteiger charge is -2.26. The molecule has 106 valence electrons.